The fourth-order valence-electron chi connectivity index (χ4n) is 3.93. The SMILES string of the molecule is COc1ccc(C(=O)N2CCC(n3c(C)cnc3-c3ccncc3)CC2)cc1F. The van der Waals surface area contributed by atoms with Crippen molar-refractivity contribution in [2.24, 2.45) is 0 Å². The van der Waals surface area contributed by atoms with Crippen molar-refractivity contribution in [3.63, 3.8) is 0 Å². The molecule has 1 amide bonds. The number of nitrogens with zero attached hydrogens (tertiary/aromatic N) is 4. The molecule has 1 saturated heterocycles. The number of imidazole rings is 1. The van der Waals surface area contributed by atoms with Crippen LogP contribution in [0.25, 0.3) is 11.4 Å². The molecule has 1 aliphatic heterocycles. The molecular weight excluding hydrogens is 371 g/mol. The van der Waals surface area contributed by atoms with Crippen molar-refractivity contribution in [1.29, 1.82) is 0 Å². The average Bonchev–Trinajstić information content (AvgIpc) is 3.15. The molecular formula is C22H23FN4O2. The van der Waals surface area contributed by atoms with Crippen molar-refractivity contribution in [2.45, 2.75) is 25.8 Å². The molecule has 0 bridgehead atoms. The molecule has 3 heterocycles. The Labute approximate surface area is 169 Å². The summed E-state index contributed by atoms with van der Waals surface area (Å²) in [7, 11) is 1.41. The first kappa shape index (κ1) is 19.1. The van der Waals surface area contributed by atoms with Crippen LogP contribution < -0.4 is 4.74 Å². The standard InChI is InChI=1S/C22H23FN4O2/c1-15-14-25-21(16-5-9-24-10-6-16)27(15)18-7-11-26(12-8-18)22(28)17-3-4-20(29-2)19(23)13-17/h3-6,9-10,13-14,18H,7-8,11-12H2,1-2H3. The first-order valence-electron chi connectivity index (χ1n) is 9.65. The number of ether oxygens (including phenoxy) is 1. The average molecular weight is 394 g/mol. The minimum Gasteiger partial charge on any atom is -0.494 e. The molecule has 0 atom stereocenters. The van der Waals surface area contributed by atoms with Gasteiger partial charge < -0.3 is 14.2 Å². The molecule has 0 aliphatic carbocycles. The zero-order valence-corrected chi connectivity index (χ0v) is 16.5. The number of hydrogen-bond acceptors (Lipinski definition) is 4. The van der Waals surface area contributed by atoms with E-state index in [0.717, 1.165) is 29.9 Å². The fourth-order valence-corrected chi connectivity index (χ4v) is 3.93. The minimum absolute atomic E-state index is 0.138. The predicted octanol–water partition coefficient (Wildman–Crippen LogP) is 3.88. The summed E-state index contributed by atoms with van der Waals surface area (Å²) in [6.07, 6.45) is 7.05. The van der Waals surface area contributed by atoms with E-state index in [1.54, 1.807) is 23.4 Å². The second kappa shape index (κ2) is 8.03. The number of hydrogen-bond donors (Lipinski definition) is 0. The number of carbonyl (C=O) groups excluding carboxylic acids is 1. The van der Waals surface area contributed by atoms with Gasteiger partial charge in [0.15, 0.2) is 11.6 Å². The third-order valence-electron chi connectivity index (χ3n) is 5.44. The number of carbonyl (C=O) groups is 1. The predicted molar refractivity (Wildman–Crippen MR) is 107 cm³/mol. The van der Waals surface area contributed by atoms with Crippen LogP contribution in [0.2, 0.25) is 0 Å². The molecule has 1 aromatic carbocycles. The van der Waals surface area contributed by atoms with Crippen molar-refractivity contribution in [3.05, 3.63) is 66.0 Å². The molecule has 2 aromatic heterocycles. The van der Waals surface area contributed by atoms with Gasteiger partial charge in [-0.15, -0.1) is 0 Å². The quantitative estimate of drug-likeness (QED) is 0.674. The molecule has 1 aliphatic rings. The Kier molecular flexibility index (Phi) is 5.29. The van der Waals surface area contributed by atoms with E-state index in [0.29, 0.717) is 18.7 Å². The van der Waals surface area contributed by atoms with Gasteiger partial charge in [-0.25, -0.2) is 9.37 Å². The maximum atomic E-state index is 14.0. The van der Waals surface area contributed by atoms with E-state index in [1.165, 1.54) is 19.2 Å². The minimum atomic E-state index is -0.524. The molecule has 29 heavy (non-hydrogen) atoms. The molecule has 0 N–H and O–H groups in total. The molecule has 0 saturated carbocycles. The van der Waals surface area contributed by atoms with E-state index >= 15 is 0 Å². The zero-order chi connectivity index (χ0) is 20.4. The number of methoxy groups -OCH3 is 1. The molecule has 0 spiro atoms. The Balaban J connectivity index is 1.49. The highest BCUT2D eigenvalue weighted by molar-refractivity contribution is 5.94. The second-order valence-corrected chi connectivity index (χ2v) is 7.20. The molecule has 7 heteroatoms. The van der Waals surface area contributed by atoms with Gasteiger partial charge in [-0.05, 0) is 50.1 Å². The number of pyridine rings is 1. The van der Waals surface area contributed by atoms with Gasteiger partial charge in [0.1, 0.15) is 5.82 Å². The Hall–Kier alpha value is -3.22. The molecule has 3 aromatic rings. The smallest absolute Gasteiger partial charge is 0.253 e. The van der Waals surface area contributed by atoms with Crippen molar-refractivity contribution < 1.29 is 13.9 Å². The second-order valence-electron chi connectivity index (χ2n) is 7.20. The van der Waals surface area contributed by atoms with Crippen LogP contribution >= 0.6 is 0 Å². The van der Waals surface area contributed by atoms with Gasteiger partial charge in [-0.1, -0.05) is 0 Å². The lowest BCUT2D eigenvalue weighted by molar-refractivity contribution is 0.0694. The van der Waals surface area contributed by atoms with Crippen molar-refractivity contribution >= 4 is 5.91 Å². The number of aromatic nitrogens is 3. The first-order valence-corrected chi connectivity index (χ1v) is 9.65. The van der Waals surface area contributed by atoms with Crippen LogP contribution in [0.5, 0.6) is 5.75 Å². The van der Waals surface area contributed by atoms with E-state index in [4.69, 9.17) is 4.74 Å². The van der Waals surface area contributed by atoms with Crippen LogP contribution in [0.3, 0.4) is 0 Å². The monoisotopic (exact) mass is 394 g/mol. The highest BCUT2D eigenvalue weighted by Gasteiger charge is 2.27. The summed E-state index contributed by atoms with van der Waals surface area (Å²) in [4.78, 5) is 23.2. The normalized spacial score (nSPS) is 14.8. The van der Waals surface area contributed by atoms with E-state index in [9.17, 15) is 9.18 Å². The highest BCUT2D eigenvalue weighted by atomic mass is 19.1. The third kappa shape index (κ3) is 3.72. The number of aryl methyl sites for hydroxylation is 1. The number of rotatable bonds is 4. The highest BCUT2D eigenvalue weighted by Crippen LogP contribution is 2.30. The van der Waals surface area contributed by atoms with Crippen LogP contribution in [0.1, 0.15) is 34.9 Å². The number of amides is 1. The molecule has 150 valence electrons. The molecule has 1 fully saturated rings. The molecule has 0 unspecified atom stereocenters. The van der Waals surface area contributed by atoms with Crippen molar-refractivity contribution in [3.8, 4) is 17.1 Å². The summed E-state index contributed by atoms with van der Waals surface area (Å²) in [6.45, 7) is 3.28. The summed E-state index contributed by atoms with van der Waals surface area (Å²) >= 11 is 0. The maximum Gasteiger partial charge on any atom is 0.253 e. The lowest BCUT2D eigenvalue weighted by Crippen LogP contribution is -2.39. The fraction of sp³-hybridized carbons (Fsp3) is 0.318. The van der Waals surface area contributed by atoms with Crippen LogP contribution in [0.4, 0.5) is 4.39 Å². The summed E-state index contributed by atoms with van der Waals surface area (Å²) < 4.78 is 21.1. The summed E-state index contributed by atoms with van der Waals surface area (Å²) in [5.74, 6) is 0.386. The zero-order valence-electron chi connectivity index (χ0n) is 16.5. The number of halogens is 1. The molecule has 0 radical (unpaired) electrons. The van der Waals surface area contributed by atoms with Gasteiger partial charge in [-0.2, -0.15) is 0 Å². The van der Waals surface area contributed by atoms with Crippen LogP contribution in [-0.2, 0) is 0 Å². The number of benzene rings is 1. The van der Waals surface area contributed by atoms with E-state index in [2.05, 4.69) is 21.5 Å². The molecule has 4 rings (SSSR count). The van der Waals surface area contributed by atoms with E-state index in [-0.39, 0.29) is 17.7 Å². The van der Waals surface area contributed by atoms with E-state index < -0.39 is 5.82 Å². The Morgan fingerprint density at radius 3 is 2.55 bits per heavy atom. The number of piperidine rings is 1. The van der Waals surface area contributed by atoms with Gasteiger partial charge in [-0.3, -0.25) is 9.78 Å². The van der Waals surface area contributed by atoms with Crippen LogP contribution in [0.15, 0.2) is 48.9 Å². The maximum absolute atomic E-state index is 14.0. The van der Waals surface area contributed by atoms with Crippen LogP contribution in [-0.4, -0.2) is 45.5 Å². The Morgan fingerprint density at radius 1 is 1.17 bits per heavy atom. The number of likely N-dealkylation sites (tertiary alicyclic amines) is 1. The Morgan fingerprint density at radius 2 is 1.90 bits per heavy atom. The van der Waals surface area contributed by atoms with Crippen molar-refractivity contribution in [2.75, 3.05) is 20.2 Å². The summed E-state index contributed by atoms with van der Waals surface area (Å²) in [6, 6.07) is 8.51. The largest absolute Gasteiger partial charge is 0.494 e. The van der Waals surface area contributed by atoms with E-state index in [1.807, 2.05) is 18.3 Å². The molecule has 6 nitrogen and oxygen atoms in total. The van der Waals surface area contributed by atoms with Gasteiger partial charge in [0, 0.05) is 54.5 Å². The van der Waals surface area contributed by atoms with Gasteiger partial charge in [0.05, 0.1) is 7.11 Å². The van der Waals surface area contributed by atoms with Crippen molar-refractivity contribution in [1.82, 2.24) is 19.4 Å². The lowest BCUT2D eigenvalue weighted by Gasteiger charge is -2.34. The topological polar surface area (TPSA) is 60.2 Å². The van der Waals surface area contributed by atoms with Gasteiger partial charge in [0.25, 0.3) is 5.91 Å². The van der Waals surface area contributed by atoms with Gasteiger partial charge in [0.2, 0.25) is 0 Å². The Bertz CT molecular complexity index is 1010. The first-order chi connectivity index (χ1) is 14.1. The van der Waals surface area contributed by atoms with Crippen LogP contribution in [0, 0.1) is 12.7 Å². The lowest BCUT2D eigenvalue weighted by atomic mass is 10.0. The van der Waals surface area contributed by atoms with Gasteiger partial charge >= 0.3 is 0 Å². The summed E-state index contributed by atoms with van der Waals surface area (Å²) in [5.41, 5.74) is 2.47. The summed E-state index contributed by atoms with van der Waals surface area (Å²) in [5, 5.41) is 0. The third-order valence-corrected chi connectivity index (χ3v) is 5.44.